The summed E-state index contributed by atoms with van der Waals surface area (Å²) in [7, 11) is 0. The van der Waals surface area contributed by atoms with Crippen LogP contribution >= 0.6 is 15.9 Å². The van der Waals surface area contributed by atoms with Gasteiger partial charge in [-0.25, -0.2) is 0 Å². The fourth-order valence-electron chi connectivity index (χ4n) is 1.91. The molecular formula is C16H17BrO. The molecule has 1 nitrogen and oxygen atoms in total. The van der Waals surface area contributed by atoms with Gasteiger partial charge in [-0.2, -0.15) is 0 Å². The van der Waals surface area contributed by atoms with E-state index < -0.39 is 0 Å². The zero-order valence-electron chi connectivity index (χ0n) is 10.4. The van der Waals surface area contributed by atoms with Crippen molar-refractivity contribution in [1.82, 2.24) is 0 Å². The molecular weight excluding hydrogens is 288 g/mol. The molecule has 2 aromatic rings. The zero-order valence-corrected chi connectivity index (χ0v) is 12.0. The van der Waals surface area contributed by atoms with Crippen LogP contribution < -0.4 is 0 Å². The molecule has 0 fully saturated rings. The molecule has 0 heterocycles. The van der Waals surface area contributed by atoms with Crippen LogP contribution in [0.2, 0.25) is 0 Å². The molecule has 1 atom stereocenters. The van der Waals surface area contributed by atoms with Crippen molar-refractivity contribution in [2.24, 2.45) is 0 Å². The fourth-order valence-corrected chi connectivity index (χ4v) is 2.17. The maximum Gasteiger partial charge on any atom is 0.0793 e. The number of benzene rings is 2. The highest BCUT2D eigenvalue weighted by atomic mass is 79.9. The van der Waals surface area contributed by atoms with Crippen LogP contribution in [0, 0.1) is 6.92 Å². The van der Waals surface area contributed by atoms with E-state index in [2.05, 4.69) is 47.1 Å². The van der Waals surface area contributed by atoms with Gasteiger partial charge in [0.1, 0.15) is 0 Å². The molecule has 2 rings (SSSR count). The molecule has 2 heteroatoms. The van der Waals surface area contributed by atoms with E-state index in [-0.39, 0.29) is 6.10 Å². The van der Waals surface area contributed by atoms with Crippen molar-refractivity contribution in [3.05, 3.63) is 69.7 Å². The molecule has 18 heavy (non-hydrogen) atoms. The van der Waals surface area contributed by atoms with Gasteiger partial charge in [0.05, 0.1) is 6.10 Å². The van der Waals surface area contributed by atoms with Gasteiger partial charge in [-0.1, -0.05) is 57.9 Å². The second-order valence-electron chi connectivity index (χ2n) is 4.59. The van der Waals surface area contributed by atoms with E-state index in [0.717, 1.165) is 22.9 Å². The van der Waals surface area contributed by atoms with Crippen LogP contribution in [-0.4, -0.2) is 5.11 Å². The molecule has 94 valence electrons. The molecule has 0 aliphatic rings. The van der Waals surface area contributed by atoms with Crippen molar-refractivity contribution in [2.45, 2.75) is 25.9 Å². The molecule has 0 saturated heterocycles. The predicted molar refractivity (Wildman–Crippen MR) is 78.6 cm³/mol. The highest BCUT2D eigenvalue weighted by Gasteiger charge is 2.07. The predicted octanol–water partition coefficient (Wildman–Crippen LogP) is 4.42. The van der Waals surface area contributed by atoms with Crippen LogP contribution in [0.4, 0.5) is 0 Å². The van der Waals surface area contributed by atoms with Gasteiger partial charge in [0.15, 0.2) is 0 Å². The smallest absolute Gasteiger partial charge is 0.0793 e. The lowest BCUT2D eigenvalue weighted by Crippen LogP contribution is -1.99. The Kier molecular flexibility index (Phi) is 4.56. The highest BCUT2D eigenvalue weighted by molar-refractivity contribution is 9.10. The SMILES string of the molecule is Cc1ccc(CC[C@H](O)c2ccc(Br)cc2)cc1. The molecule has 0 aliphatic carbocycles. The summed E-state index contributed by atoms with van der Waals surface area (Å²) in [4.78, 5) is 0. The number of aliphatic hydroxyl groups excluding tert-OH is 1. The lowest BCUT2D eigenvalue weighted by atomic mass is 10.0. The average molecular weight is 305 g/mol. The summed E-state index contributed by atoms with van der Waals surface area (Å²) in [6.07, 6.45) is 1.27. The molecule has 0 radical (unpaired) electrons. The van der Waals surface area contributed by atoms with Crippen molar-refractivity contribution in [3.8, 4) is 0 Å². The molecule has 0 unspecified atom stereocenters. The third-order valence-electron chi connectivity index (χ3n) is 3.08. The number of hydrogen-bond donors (Lipinski definition) is 1. The summed E-state index contributed by atoms with van der Waals surface area (Å²) < 4.78 is 1.04. The minimum absolute atomic E-state index is 0.389. The Balaban J connectivity index is 1.93. The van der Waals surface area contributed by atoms with Gasteiger partial charge in [0, 0.05) is 4.47 Å². The van der Waals surface area contributed by atoms with Gasteiger partial charge in [-0.15, -0.1) is 0 Å². The van der Waals surface area contributed by atoms with E-state index in [9.17, 15) is 5.11 Å². The van der Waals surface area contributed by atoms with E-state index in [1.165, 1.54) is 11.1 Å². The van der Waals surface area contributed by atoms with Crippen LogP contribution in [0.1, 0.15) is 29.2 Å². The van der Waals surface area contributed by atoms with Crippen LogP contribution in [-0.2, 0) is 6.42 Å². The van der Waals surface area contributed by atoms with Crippen molar-refractivity contribution < 1.29 is 5.11 Å². The standard InChI is InChI=1S/C16H17BrO/c1-12-2-4-13(5-3-12)6-11-16(18)14-7-9-15(17)10-8-14/h2-5,7-10,16,18H,6,11H2,1H3/t16-/m0/s1. The second kappa shape index (κ2) is 6.17. The molecule has 0 saturated carbocycles. The van der Waals surface area contributed by atoms with Crippen LogP contribution in [0.15, 0.2) is 53.0 Å². The van der Waals surface area contributed by atoms with Gasteiger partial charge in [0.25, 0.3) is 0 Å². The van der Waals surface area contributed by atoms with E-state index in [1.807, 2.05) is 24.3 Å². The summed E-state index contributed by atoms with van der Waals surface area (Å²) in [5.74, 6) is 0. The summed E-state index contributed by atoms with van der Waals surface area (Å²) >= 11 is 3.40. The topological polar surface area (TPSA) is 20.2 Å². The molecule has 0 spiro atoms. The van der Waals surface area contributed by atoms with Crippen molar-refractivity contribution in [3.63, 3.8) is 0 Å². The number of hydrogen-bond acceptors (Lipinski definition) is 1. The second-order valence-corrected chi connectivity index (χ2v) is 5.51. The van der Waals surface area contributed by atoms with Crippen molar-refractivity contribution >= 4 is 15.9 Å². The first-order chi connectivity index (χ1) is 8.65. The maximum atomic E-state index is 10.1. The minimum atomic E-state index is -0.389. The third-order valence-corrected chi connectivity index (χ3v) is 3.61. The van der Waals surface area contributed by atoms with Gasteiger partial charge in [-0.05, 0) is 43.0 Å². The Morgan fingerprint density at radius 1 is 1.00 bits per heavy atom. The summed E-state index contributed by atoms with van der Waals surface area (Å²) in [6, 6.07) is 16.3. The molecule has 0 aromatic heterocycles. The van der Waals surface area contributed by atoms with E-state index in [0.29, 0.717) is 0 Å². The number of rotatable bonds is 4. The number of aryl methyl sites for hydroxylation is 2. The fraction of sp³-hybridized carbons (Fsp3) is 0.250. The van der Waals surface area contributed by atoms with Gasteiger partial charge < -0.3 is 5.11 Å². The Labute approximate surface area is 117 Å². The zero-order chi connectivity index (χ0) is 13.0. The first-order valence-corrected chi connectivity index (χ1v) is 6.93. The Bertz CT molecular complexity index is 488. The van der Waals surface area contributed by atoms with Gasteiger partial charge >= 0.3 is 0 Å². The largest absolute Gasteiger partial charge is 0.388 e. The Morgan fingerprint density at radius 2 is 1.61 bits per heavy atom. The van der Waals surface area contributed by atoms with Crippen LogP contribution in [0.3, 0.4) is 0 Å². The van der Waals surface area contributed by atoms with Crippen molar-refractivity contribution in [1.29, 1.82) is 0 Å². The molecule has 2 aromatic carbocycles. The van der Waals surface area contributed by atoms with Crippen molar-refractivity contribution in [2.75, 3.05) is 0 Å². The van der Waals surface area contributed by atoms with Crippen LogP contribution in [0.25, 0.3) is 0 Å². The van der Waals surface area contributed by atoms with Gasteiger partial charge in [0.2, 0.25) is 0 Å². The van der Waals surface area contributed by atoms with Crippen LogP contribution in [0.5, 0.6) is 0 Å². The average Bonchev–Trinajstić information content (AvgIpc) is 2.38. The molecule has 0 aliphatic heterocycles. The Morgan fingerprint density at radius 3 is 2.22 bits per heavy atom. The summed E-state index contributed by atoms with van der Waals surface area (Å²) in [5, 5.41) is 10.1. The quantitative estimate of drug-likeness (QED) is 0.886. The Hall–Kier alpha value is -1.12. The molecule has 0 amide bonds. The summed E-state index contributed by atoms with van der Waals surface area (Å²) in [6.45, 7) is 2.08. The highest BCUT2D eigenvalue weighted by Crippen LogP contribution is 2.21. The lowest BCUT2D eigenvalue weighted by molar-refractivity contribution is 0.168. The minimum Gasteiger partial charge on any atom is -0.388 e. The lowest BCUT2D eigenvalue weighted by Gasteiger charge is -2.11. The molecule has 1 N–H and O–H groups in total. The first-order valence-electron chi connectivity index (χ1n) is 6.14. The van der Waals surface area contributed by atoms with E-state index in [1.54, 1.807) is 0 Å². The first kappa shape index (κ1) is 13.3. The van der Waals surface area contributed by atoms with Gasteiger partial charge in [-0.3, -0.25) is 0 Å². The number of halogens is 1. The maximum absolute atomic E-state index is 10.1. The normalized spacial score (nSPS) is 12.4. The number of aliphatic hydroxyl groups is 1. The third kappa shape index (κ3) is 3.69. The monoisotopic (exact) mass is 304 g/mol. The summed E-state index contributed by atoms with van der Waals surface area (Å²) in [5.41, 5.74) is 3.52. The van der Waals surface area contributed by atoms with E-state index >= 15 is 0 Å². The molecule has 0 bridgehead atoms. The van der Waals surface area contributed by atoms with E-state index in [4.69, 9.17) is 0 Å².